The molecule has 1 atom stereocenters. The van der Waals surface area contributed by atoms with Crippen molar-refractivity contribution < 1.29 is 0 Å². The summed E-state index contributed by atoms with van der Waals surface area (Å²) in [6.45, 7) is 7.94. The first-order valence-electron chi connectivity index (χ1n) is 8.34. The summed E-state index contributed by atoms with van der Waals surface area (Å²) in [5.41, 5.74) is 3.04. The first kappa shape index (κ1) is 15.6. The predicted molar refractivity (Wildman–Crippen MR) is 84.9 cm³/mol. The molecule has 1 fully saturated rings. The molecule has 114 valence electrons. The Hall–Kier alpha value is -0.830. The summed E-state index contributed by atoms with van der Waals surface area (Å²) in [7, 11) is 2.08. The lowest BCUT2D eigenvalue weighted by Crippen LogP contribution is -2.46. The van der Waals surface area contributed by atoms with Gasteiger partial charge in [0.15, 0.2) is 0 Å². The molecule has 0 amide bonds. The number of nitrogens with zero attached hydrogens (tertiary/aromatic N) is 2. The second-order valence-electron chi connectivity index (χ2n) is 6.63. The number of aryl methyl sites for hydroxylation is 2. The third-order valence-corrected chi connectivity index (χ3v) is 5.09. The van der Waals surface area contributed by atoms with Crippen molar-refractivity contribution in [1.82, 2.24) is 15.1 Å². The maximum absolute atomic E-state index is 4.60. The van der Waals surface area contributed by atoms with Gasteiger partial charge in [-0.3, -0.25) is 4.68 Å². The Kier molecular flexibility index (Phi) is 5.25. The molecule has 3 heteroatoms. The summed E-state index contributed by atoms with van der Waals surface area (Å²) in [6.07, 6.45) is 9.06. The smallest absolute Gasteiger partial charge is 0.0624 e. The highest BCUT2D eigenvalue weighted by Crippen LogP contribution is 2.39. The molecule has 0 bridgehead atoms. The van der Waals surface area contributed by atoms with Gasteiger partial charge in [-0.15, -0.1) is 0 Å². The van der Waals surface area contributed by atoms with Crippen LogP contribution in [0.3, 0.4) is 0 Å². The van der Waals surface area contributed by atoms with E-state index in [1.54, 1.807) is 0 Å². The molecule has 1 saturated carbocycles. The van der Waals surface area contributed by atoms with Crippen molar-refractivity contribution in [3.8, 4) is 0 Å². The number of rotatable bonds is 6. The third kappa shape index (κ3) is 3.43. The fourth-order valence-electron chi connectivity index (χ4n) is 3.66. The van der Waals surface area contributed by atoms with E-state index in [1.165, 1.54) is 43.5 Å². The van der Waals surface area contributed by atoms with Gasteiger partial charge in [-0.05, 0) is 37.3 Å². The van der Waals surface area contributed by atoms with Crippen LogP contribution in [0.1, 0.15) is 64.3 Å². The summed E-state index contributed by atoms with van der Waals surface area (Å²) in [5, 5.41) is 8.35. The molecule has 20 heavy (non-hydrogen) atoms. The van der Waals surface area contributed by atoms with Gasteiger partial charge < -0.3 is 5.32 Å². The van der Waals surface area contributed by atoms with Crippen molar-refractivity contribution in [3.63, 3.8) is 0 Å². The summed E-state index contributed by atoms with van der Waals surface area (Å²) >= 11 is 0. The van der Waals surface area contributed by atoms with Crippen LogP contribution in [0.25, 0.3) is 0 Å². The van der Waals surface area contributed by atoms with Gasteiger partial charge in [0.2, 0.25) is 0 Å². The SMILES string of the molecule is CCNC(Cc1cc(CC)nn1C)C1(C)CCCCC1. The van der Waals surface area contributed by atoms with Crippen LogP contribution in [-0.2, 0) is 19.9 Å². The van der Waals surface area contributed by atoms with E-state index in [0.29, 0.717) is 11.5 Å². The maximum Gasteiger partial charge on any atom is 0.0624 e. The molecule has 0 aliphatic heterocycles. The molecule has 1 aliphatic rings. The van der Waals surface area contributed by atoms with Gasteiger partial charge in [0, 0.05) is 25.2 Å². The summed E-state index contributed by atoms with van der Waals surface area (Å²) in [6, 6.07) is 2.86. The van der Waals surface area contributed by atoms with Crippen molar-refractivity contribution in [2.75, 3.05) is 6.54 Å². The van der Waals surface area contributed by atoms with Gasteiger partial charge >= 0.3 is 0 Å². The van der Waals surface area contributed by atoms with Gasteiger partial charge in [0.25, 0.3) is 0 Å². The van der Waals surface area contributed by atoms with E-state index < -0.39 is 0 Å². The van der Waals surface area contributed by atoms with Crippen LogP contribution in [0.15, 0.2) is 6.07 Å². The maximum atomic E-state index is 4.60. The minimum Gasteiger partial charge on any atom is -0.313 e. The molecule has 0 aromatic carbocycles. The van der Waals surface area contributed by atoms with Crippen molar-refractivity contribution in [2.45, 2.75) is 71.8 Å². The van der Waals surface area contributed by atoms with Gasteiger partial charge in [-0.25, -0.2) is 0 Å². The van der Waals surface area contributed by atoms with E-state index in [4.69, 9.17) is 0 Å². The molecule has 1 N–H and O–H groups in total. The fraction of sp³-hybridized carbons (Fsp3) is 0.824. The number of aromatic nitrogens is 2. The van der Waals surface area contributed by atoms with Crippen LogP contribution < -0.4 is 5.32 Å². The predicted octanol–water partition coefficient (Wildman–Crippen LogP) is 3.47. The average Bonchev–Trinajstić information content (AvgIpc) is 2.80. The van der Waals surface area contributed by atoms with E-state index in [-0.39, 0.29) is 0 Å². The van der Waals surface area contributed by atoms with Crippen molar-refractivity contribution in [1.29, 1.82) is 0 Å². The topological polar surface area (TPSA) is 29.9 Å². The number of nitrogens with one attached hydrogen (secondary N) is 1. The Morgan fingerprint density at radius 1 is 1.30 bits per heavy atom. The molecule has 0 spiro atoms. The molecule has 1 aromatic heterocycles. The number of likely N-dealkylation sites (N-methyl/N-ethyl adjacent to an activating group) is 1. The highest BCUT2D eigenvalue weighted by Gasteiger charge is 2.35. The van der Waals surface area contributed by atoms with Gasteiger partial charge in [-0.1, -0.05) is 40.0 Å². The Morgan fingerprint density at radius 2 is 2.00 bits per heavy atom. The molecule has 0 radical (unpaired) electrons. The van der Waals surface area contributed by atoms with Crippen LogP contribution in [0, 0.1) is 5.41 Å². The quantitative estimate of drug-likeness (QED) is 0.863. The molecule has 1 heterocycles. The van der Waals surface area contributed by atoms with E-state index in [9.17, 15) is 0 Å². The molecule has 2 rings (SSSR count). The van der Waals surface area contributed by atoms with Crippen LogP contribution in [-0.4, -0.2) is 22.4 Å². The van der Waals surface area contributed by atoms with E-state index >= 15 is 0 Å². The largest absolute Gasteiger partial charge is 0.313 e. The monoisotopic (exact) mass is 277 g/mol. The Morgan fingerprint density at radius 3 is 2.55 bits per heavy atom. The van der Waals surface area contributed by atoms with Crippen molar-refractivity contribution in [2.24, 2.45) is 12.5 Å². The van der Waals surface area contributed by atoms with Crippen molar-refractivity contribution >= 4 is 0 Å². The second kappa shape index (κ2) is 6.75. The fourth-order valence-corrected chi connectivity index (χ4v) is 3.66. The molecule has 1 aromatic rings. The highest BCUT2D eigenvalue weighted by molar-refractivity contribution is 5.13. The van der Waals surface area contributed by atoms with Crippen LogP contribution in [0.4, 0.5) is 0 Å². The zero-order chi connectivity index (χ0) is 14.6. The summed E-state index contributed by atoms with van der Waals surface area (Å²) < 4.78 is 2.08. The van der Waals surface area contributed by atoms with Crippen molar-refractivity contribution in [3.05, 3.63) is 17.5 Å². The molecule has 3 nitrogen and oxygen atoms in total. The van der Waals surface area contributed by atoms with E-state index in [1.807, 2.05) is 0 Å². The number of hydrogen-bond donors (Lipinski definition) is 1. The first-order chi connectivity index (χ1) is 9.59. The molecule has 0 saturated heterocycles. The molecule has 1 aliphatic carbocycles. The molecular weight excluding hydrogens is 246 g/mol. The number of hydrogen-bond acceptors (Lipinski definition) is 2. The Labute approximate surface area is 124 Å². The van der Waals surface area contributed by atoms with Gasteiger partial charge in [0.05, 0.1) is 5.69 Å². The van der Waals surface area contributed by atoms with E-state index in [0.717, 1.165) is 19.4 Å². The molecule has 1 unspecified atom stereocenters. The van der Waals surface area contributed by atoms with Crippen LogP contribution >= 0.6 is 0 Å². The summed E-state index contributed by atoms with van der Waals surface area (Å²) in [4.78, 5) is 0. The zero-order valence-electron chi connectivity index (χ0n) is 13.7. The van der Waals surface area contributed by atoms with E-state index in [2.05, 4.69) is 49.0 Å². The minimum absolute atomic E-state index is 0.449. The minimum atomic E-state index is 0.449. The highest BCUT2D eigenvalue weighted by atomic mass is 15.3. The Balaban J connectivity index is 2.13. The average molecular weight is 277 g/mol. The normalized spacial score (nSPS) is 20.0. The zero-order valence-corrected chi connectivity index (χ0v) is 13.7. The van der Waals surface area contributed by atoms with Gasteiger partial charge in [-0.2, -0.15) is 5.10 Å². The lowest BCUT2D eigenvalue weighted by atomic mass is 9.69. The summed E-state index contributed by atoms with van der Waals surface area (Å²) in [5.74, 6) is 0. The lowest BCUT2D eigenvalue weighted by Gasteiger charge is -2.41. The van der Waals surface area contributed by atoms with Crippen LogP contribution in [0.5, 0.6) is 0 Å². The second-order valence-corrected chi connectivity index (χ2v) is 6.63. The standard InChI is InChI=1S/C17H31N3/c1-5-14-12-15(20(4)19-14)13-16(18-6-2)17(3)10-8-7-9-11-17/h12,16,18H,5-11,13H2,1-4H3. The molecular formula is C17H31N3. The first-order valence-corrected chi connectivity index (χ1v) is 8.34. The van der Waals surface area contributed by atoms with Crippen LogP contribution in [0.2, 0.25) is 0 Å². The third-order valence-electron chi connectivity index (χ3n) is 5.09. The lowest BCUT2D eigenvalue weighted by molar-refractivity contribution is 0.143. The Bertz CT molecular complexity index is 416. The van der Waals surface area contributed by atoms with Gasteiger partial charge in [0.1, 0.15) is 0 Å².